The molecule has 2 heterocycles. The van der Waals surface area contributed by atoms with Crippen LogP contribution in [0.4, 0.5) is 5.69 Å². The standard InChI is InChI=1S/C17H16ClN3O2/c1-10-6-11(17(22)23)4-5-21(10)16-12(8-19)9-20-15-3-2-13(18)7-14(15)16/h2-3,7,9-11H,4-6H2,1H3,(H,22,23)/t10-,11-/m1/s1. The fraction of sp³-hybridized carbons (Fsp3) is 0.353. The molecule has 0 unspecified atom stereocenters. The first kappa shape index (κ1) is 15.6. The van der Waals surface area contributed by atoms with Crippen molar-refractivity contribution < 1.29 is 9.90 Å². The zero-order valence-electron chi connectivity index (χ0n) is 12.7. The Labute approximate surface area is 139 Å². The lowest BCUT2D eigenvalue weighted by Gasteiger charge is -2.38. The molecule has 1 aliphatic heterocycles. The highest BCUT2D eigenvalue weighted by atomic mass is 35.5. The molecule has 1 aromatic heterocycles. The van der Waals surface area contributed by atoms with Gasteiger partial charge < -0.3 is 10.0 Å². The topological polar surface area (TPSA) is 77.2 Å². The van der Waals surface area contributed by atoms with Gasteiger partial charge in [0.2, 0.25) is 0 Å². The average molecular weight is 330 g/mol. The zero-order valence-corrected chi connectivity index (χ0v) is 13.4. The number of hydrogen-bond donors (Lipinski definition) is 1. The van der Waals surface area contributed by atoms with Gasteiger partial charge in [-0.05, 0) is 38.0 Å². The largest absolute Gasteiger partial charge is 0.481 e. The van der Waals surface area contributed by atoms with Crippen LogP contribution in [0.2, 0.25) is 5.02 Å². The van der Waals surface area contributed by atoms with Crippen LogP contribution in [0.3, 0.4) is 0 Å². The van der Waals surface area contributed by atoms with Crippen LogP contribution in [0.25, 0.3) is 10.9 Å². The van der Waals surface area contributed by atoms with Gasteiger partial charge >= 0.3 is 5.97 Å². The van der Waals surface area contributed by atoms with Crippen LogP contribution in [-0.4, -0.2) is 28.6 Å². The lowest BCUT2D eigenvalue weighted by Crippen LogP contribution is -2.43. The Morgan fingerprint density at radius 2 is 2.30 bits per heavy atom. The maximum Gasteiger partial charge on any atom is 0.306 e. The van der Waals surface area contributed by atoms with Crippen molar-refractivity contribution in [3.05, 3.63) is 35.0 Å². The van der Waals surface area contributed by atoms with Crippen molar-refractivity contribution >= 4 is 34.2 Å². The molecule has 1 aromatic carbocycles. The Morgan fingerprint density at radius 1 is 1.52 bits per heavy atom. The molecule has 1 saturated heterocycles. The van der Waals surface area contributed by atoms with Crippen LogP contribution >= 0.6 is 11.6 Å². The van der Waals surface area contributed by atoms with Gasteiger partial charge in [-0.25, -0.2) is 0 Å². The molecule has 1 fully saturated rings. The number of halogens is 1. The summed E-state index contributed by atoms with van der Waals surface area (Å²) in [4.78, 5) is 17.6. The van der Waals surface area contributed by atoms with E-state index in [9.17, 15) is 15.2 Å². The van der Waals surface area contributed by atoms with Crippen molar-refractivity contribution in [2.24, 2.45) is 5.92 Å². The van der Waals surface area contributed by atoms with Gasteiger partial charge in [-0.15, -0.1) is 0 Å². The molecule has 118 valence electrons. The SMILES string of the molecule is C[C@@H]1C[C@H](C(=O)O)CCN1c1c(C#N)cnc2ccc(Cl)cc12. The minimum Gasteiger partial charge on any atom is -0.481 e. The number of aromatic nitrogens is 1. The van der Waals surface area contributed by atoms with Gasteiger partial charge in [-0.2, -0.15) is 5.26 Å². The number of anilines is 1. The van der Waals surface area contributed by atoms with Crippen LogP contribution in [-0.2, 0) is 4.79 Å². The number of aliphatic carboxylic acids is 1. The van der Waals surface area contributed by atoms with E-state index in [1.165, 1.54) is 0 Å². The molecule has 2 aromatic rings. The average Bonchev–Trinajstić information content (AvgIpc) is 2.53. The van der Waals surface area contributed by atoms with Crippen LogP contribution < -0.4 is 4.90 Å². The van der Waals surface area contributed by atoms with Crippen LogP contribution in [0, 0.1) is 17.2 Å². The molecule has 0 amide bonds. The third-order valence-corrected chi connectivity index (χ3v) is 4.67. The monoisotopic (exact) mass is 329 g/mol. The molecule has 2 atom stereocenters. The summed E-state index contributed by atoms with van der Waals surface area (Å²) in [5.41, 5.74) is 2.06. The maximum absolute atomic E-state index is 11.2. The number of fused-ring (bicyclic) bond motifs is 1. The van der Waals surface area contributed by atoms with Crippen molar-refractivity contribution in [3.63, 3.8) is 0 Å². The second kappa shape index (κ2) is 6.05. The fourth-order valence-electron chi connectivity index (χ4n) is 3.27. The molecule has 23 heavy (non-hydrogen) atoms. The first-order chi connectivity index (χ1) is 11.0. The van der Waals surface area contributed by atoms with E-state index in [4.69, 9.17) is 11.6 Å². The predicted molar refractivity (Wildman–Crippen MR) is 88.6 cm³/mol. The highest BCUT2D eigenvalue weighted by Gasteiger charge is 2.31. The van der Waals surface area contributed by atoms with E-state index < -0.39 is 5.97 Å². The number of rotatable bonds is 2. The zero-order chi connectivity index (χ0) is 16.6. The summed E-state index contributed by atoms with van der Waals surface area (Å²) in [5.74, 6) is -1.08. The number of benzene rings is 1. The van der Waals surface area contributed by atoms with Gasteiger partial charge in [-0.3, -0.25) is 9.78 Å². The first-order valence-corrected chi connectivity index (χ1v) is 7.87. The van der Waals surface area contributed by atoms with Crippen molar-refractivity contribution in [1.82, 2.24) is 4.98 Å². The number of piperidine rings is 1. The number of carboxylic acid groups (broad SMARTS) is 1. The van der Waals surface area contributed by atoms with Crippen molar-refractivity contribution in [2.45, 2.75) is 25.8 Å². The predicted octanol–water partition coefficient (Wildman–Crippen LogP) is 3.45. The second-order valence-corrected chi connectivity index (χ2v) is 6.33. The molecule has 1 aliphatic rings. The number of carbonyl (C=O) groups is 1. The Kier molecular flexibility index (Phi) is 4.10. The minimum atomic E-state index is -0.750. The van der Waals surface area contributed by atoms with Crippen molar-refractivity contribution in [2.75, 3.05) is 11.4 Å². The van der Waals surface area contributed by atoms with E-state index in [-0.39, 0.29) is 12.0 Å². The third-order valence-electron chi connectivity index (χ3n) is 4.43. The molecule has 5 nitrogen and oxygen atoms in total. The molecule has 0 bridgehead atoms. The molecule has 0 spiro atoms. The lowest BCUT2D eigenvalue weighted by atomic mass is 9.90. The van der Waals surface area contributed by atoms with E-state index >= 15 is 0 Å². The Morgan fingerprint density at radius 3 is 2.96 bits per heavy atom. The van der Waals surface area contributed by atoms with E-state index in [1.807, 2.05) is 19.1 Å². The van der Waals surface area contributed by atoms with Crippen molar-refractivity contribution in [1.29, 1.82) is 5.26 Å². The van der Waals surface area contributed by atoms with Crippen molar-refractivity contribution in [3.8, 4) is 6.07 Å². The fourth-order valence-corrected chi connectivity index (χ4v) is 3.44. The van der Waals surface area contributed by atoms with Crippen LogP contribution in [0.5, 0.6) is 0 Å². The summed E-state index contributed by atoms with van der Waals surface area (Å²) in [6.45, 7) is 2.59. The molecule has 0 aliphatic carbocycles. The van der Waals surface area contributed by atoms with Gasteiger partial charge in [-0.1, -0.05) is 11.6 Å². The van der Waals surface area contributed by atoms with E-state index in [1.54, 1.807) is 12.3 Å². The quantitative estimate of drug-likeness (QED) is 0.913. The maximum atomic E-state index is 11.2. The third kappa shape index (κ3) is 2.82. The molecule has 6 heteroatoms. The molecule has 3 rings (SSSR count). The molecule has 1 N–H and O–H groups in total. The van der Waals surface area contributed by atoms with Gasteiger partial charge in [0.1, 0.15) is 6.07 Å². The number of pyridine rings is 1. The second-order valence-electron chi connectivity index (χ2n) is 5.90. The van der Waals surface area contributed by atoms with E-state index in [0.717, 1.165) is 16.6 Å². The Bertz CT molecular complexity index is 815. The van der Waals surface area contributed by atoms with E-state index in [2.05, 4.69) is 16.0 Å². The molecular formula is C17H16ClN3O2. The first-order valence-electron chi connectivity index (χ1n) is 7.49. The van der Waals surface area contributed by atoms with Crippen LogP contribution in [0.1, 0.15) is 25.3 Å². The number of carboxylic acids is 1. The van der Waals surface area contributed by atoms with Gasteiger partial charge in [0.15, 0.2) is 0 Å². The van der Waals surface area contributed by atoms with Gasteiger partial charge in [0, 0.05) is 29.2 Å². The van der Waals surface area contributed by atoms with Crippen LogP contribution in [0.15, 0.2) is 24.4 Å². The summed E-state index contributed by atoms with van der Waals surface area (Å²) < 4.78 is 0. The Balaban J connectivity index is 2.10. The highest BCUT2D eigenvalue weighted by molar-refractivity contribution is 6.31. The number of nitriles is 1. The smallest absolute Gasteiger partial charge is 0.306 e. The highest BCUT2D eigenvalue weighted by Crippen LogP contribution is 2.36. The molecule has 0 radical (unpaired) electrons. The van der Waals surface area contributed by atoms with E-state index in [0.29, 0.717) is 30.0 Å². The summed E-state index contributed by atoms with van der Waals surface area (Å²) in [6, 6.07) is 7.64. The normalized spacial score (nSPS) is 21.2. The summed E-state index contributed by atoms with van der Waals surface area (Å²) in [7, 11) is 0. The number of hydrogen-bond acceptors (Lipinski definition) is 4. The molecular weight excluding hydrogens is 314 g/mol. The summed E-state index contributed by atoms with van der Waals surface area (Å²) in [6.07, 6.45) is 2.70. The lowest BCUT2D eigenvalue weighted by molar-refractivity contribution is -0.142. The molecule has 0 saturated carbocycles. The summed E-state index contributed by atoms with van der Waals surface area (Å²) >= 11 is 6.12. The minimum absolute atomic E-state index is 0.0292. The van der Waals surface area contributed by atoms with Gasteiger partial charge in [0.25, 0.3) is 0 Å². The summed E-state index contributed by atoms with van der Waals surface area (Å²) in [5, 5.41) is 20.1. The van der Waals surface area contributed by atoms with Gasteiger partial charge in [0.05, 0.1) is 22.7 Å². The number of nitrogens with zero attached hydrogens (tertiary/aromatic N) is 3. The Hall–Kier alpha value is -2.32.